The first-order valence-electron chi connectivity index (χ1n) is 6.27. The molecule has 1 aromatic rings. The Balaban J connectivity index is -0.000000279. The Morgan fingerprint density at radius 1 is 0.808 bits per heavy atom. The third-order valence-electron chi connectivity index (χ3n) is 1.36. The van der Waals surface area contributed by atoms with E-state index < -0.39 is 33.0 Å². The Bertz CT molecular complexity index is 493. The number of hydrogen-bond acceptors (Lipinski definition) is 8. The van der Waals surface area contributed by atoms with E-state index >= 15 is 0 Å². The second-order valence-electron chi connectivity index (χ2n) is 4.15. The standard InChI is InChI=1S/C7H9N.C3H9N.2O5P2/c8-6-7-4-2-1-3-5-7;1-4(2)3;2*1-6(2)5-7(3)4/h1-5H,6,8H2;1-3H3;;/p+4. The van der Waals surface area contributed by atoms with Gasteiger partial charge in [0.05, 0.1) is 0 Å². The third-order valence-corrected chi connectivity index (χ3v) is 3.59. The lowest BCUT2D eigenvalue weighted by atomic mass is 10.2. The lowest BCUT2D eigenvalue weighted by Crippen LogP contribution is -1.99. The number of hydrogen-bond donors (Lipinski definition) is 5. The summed E-state index contributed by atoms with van der Waals surface area (Å²) in [6.45, 7) is 0.640. The van der Waals surface area contributed by atoms with Gasteiger partial charge in [0.25, 0.3) is 0 Å². The van der Waals surface area contributed by atoms with E-state index in [0.29, 0.717) is 6.54 Å². The lowest BCUT2D eigenvalue weighted by Gasteiger charge is -1.90. The zero-order valence-electron chi connectivity index (χ0n) is 14.1. The monoisotopic (exact) mass is 454 g/mol. The fraction of sp³-hybridized carbons (Fsp3) is 0.400. The van der Waals surface area contributed by atoms with Crippen LogP contribution in [0.1, 0.15) is 5.56 Å². The highest BCUT2D eigenvalue weighted by Gasteiger charge is 2.32. The minimum atomic E-state index is -2.92. The van der Waals surface area contributed by atoms with E-state index in [1.54, 1.807) is 0 Å². The topological polar surface area (TPSA) is 197 Å². The van der Waals surface area contributed by atoms with E-state index in [2.05, 4.69) is 8.62 Å². The van der Waals surface area contributed by atoms with E-state index in [9.17, 15) is 18.3 Å². The first-order valence-corrected chi connectivity index (χ1v) is 10.8. The molecule has 0 heterocycles. The number of nitrogens with two attached hydrogens (primary N) is 1. The molecule has 0 saturated heterocycles. The molecule has 0 fully saturated rings. The van der Waals surface area contributed by atoms with Crippen molar-refractivity contribution in [3.05, 3.63) is 35.9 Å². The minimum Gasteiger partial charge on any atom is -0.326 e. The van der Waals surface area contributed by atoms with Gasteiger partial charge in [0.1, 0.15) is 0 Å². The molecule has 0 spiro atoms. The Kier molecular flexibility index (Phi) is 23.8. The van der Waals surface area contributed by atoms with Crippen molar-refractivity contribution in [1.82, 2.24) is 4.90 Å². The van der Waals surface area contributed by atoms with Gasteiger partial charge in [-0.3, -0.25) is 0 Å². The van der Waals surface area contributed by atoms with E-state index in [0.717, 1.165) is 0 Å². The van der Waals surface area contributed by atoms with Crippen molar-refractivity contribution in [2.45, 2.75) is 6.54 Å². The Morgan fingerprint density at radius 3 is 1.19 bits per heavy atom. The Morgan fingerprint density at radius 2 is 1.08 bits per heavy atom. The molecular formula is C10H22N2O10P4+4. The van der Waals surface area contributed by atoms with E-state index in [1.165, 1.54) is 5.56 Å². The van der Waals surface area contributed by atoms with E-state index in [-0.39, 0.29) is 0 Å². The zero-order chi connectivity index (χ0) is 21.1. The predicted molar refractivity (Wildman–Crippen MR) is 95.4 cm³/mol. The molecule has 0 aromatic heterocycles. The van der Waals surface area contributed by atoms with Crippen LogP contribution in [0.5, 0.6) is 0 Å². The number of nitrogens with zero attached hydrogens (tertiary/aromatic N) is 1. The second-order valence-corrected chi connectivity index (χ2v) is 7.36. The van der Waals surface area contributed by atoms with Crippen molar-refractivity contribution in [3.8, 4) is 0 Å². The number of benzene rings is 1. The maximum atomic E-state index is 9.39. The Labute approximate surface area is 154 Å². The van der Waals surface area contributed by atoms with Gasteiger partial charge in [0.15, 0.2) is 8.62 Å². The summed E-state index contributed by atoms with van der Waals surface area (Å²) in [5.74, 6) is 0. The van der Waals surface area contributed by atoms with E-state index in [1.807, 2.05) is 56.4 Å². The molecule has 0 radical (unpaired) electrons. The van der Waals surface area contributed by atoms with Crippen molar-refractivity contribution in [2.24, 2.45) is 5.73 Å². The molecule has 26 heavy (non-hydrogen) atoms. The summed E-state index contributed by atoms with van der Waals surface area (Å²) in [5.41, 5.74) is 6.54. The average Bonchev–Trinajstić information content (AvgIpc) is 2.46. The first-order chi connectivity index (χ1) is 11.9. The van der Waals surface area contributed by atoms with Crippen LogP contribution >= 0.6 is 33.0 Å². The normalized spacial score (nSPS) is 11.4. The molecule has 4 atom stereocenters. The van der Waals surface area contributed by atoms with Crippen LogP contribution in [0, 0.1) is 0 Å². The van der Waals surface area contributed by atoms with Gasteiger partial charge in [0.2, 0.25) is 0 Å². The fourth-order valence-electron chi connectivity index (χ4n) is 0.734. The van der Waals surface area contributed by atoms with Crippen LogP contribution < -0.4 is 5.73 Å². The highest BCUT2D eigenvalue weighted by Crippen LogP contribution is 2.31. The van der Waals surface area contributed by atoms with Crippen molar-refractivity contribution in [1.29, 1.82) is 0 Å². The molecule has 148 valence electrons. The van der Waals surface area contributed by atoms with Gasteiger partial charge >= 0.3 is 33.0 Å². The molecule has 4 unspecified atom stereocenters. The van der Waals surface area contributed by atoms with Crippen LogP contribution in [0.15, 0.2) is 30.3 Å². The molecule has 1 aromatic carbocycles. The molecule has 16 heteroatoms. The summed E-state index contributed by atoms with van der Waals surface area (Å²) in [6, 6.07) is 9.99. The van der Waals surface area contributed by atoms with Crippen molar-refractivity contribution in [3.63, 3.8) is 0 Å². The van der Waals surface area contributed by atoms with Crippen LogP contribution in [0.25, 0.3) is 0 Å². The molecule has 0 saturated carbocycles. The molecule has 6 N–H and O–H groups in total. The summed E-state index contributed by atoms with van der Waals surface area (Å²) in [5, 5.41) is 0. The van der Waals surface area contributed by atoms with Crippen LogP contribution in [0.2, 0.25) is 0 Å². The van der Waals surface area contributed by atoms with E-state index in [4.69, 9.17) is 25.3 Å². The molecule has 0 bridgehead atoms. The highest BCUT2D eigenvalue weighted by molar-refractivity contribution is 7.46. The molecule has 1 rings (SSSR count). The molecule has 0 amide bonds. The van der Waals surface area contributed by atoms with Gasteiger partial charge in [-0.05, 0) is 26.7 Å². The predicted octanol–water partition coefficient (Wildman–Crippen LogP) is 1.93. The van der Waals surface area contributed by atoms with Gasteiger partial charge in [0, 0.05) is 24.8 Å². The summed E-state index contributed by atoms with van der Waals surface area (Å²) in [6.07, 6.45) is 0. The highest BCUT2D eigenvalue weighted by atomic mass is 31.2. The van der Waals surface area contributed by atoms with Crippen molar-refractivity contribution in [2.75, 3.05) is 21.1 Å². The summed E-state index contributed by atoms with van der Waals surface area (Å²) in [4.78, 5) is 32.7. The first kappa shape index (κ1) is 30.0. The lowest BCUT2D eigenvalue weighted by molar-refractivity contribution is 0.368. The number of rotatable bonds is 5. The van der Waals surface area contributed by atoms with Crippen LogP contribution in [0.4, 0.5) is 0 Å². The smallest absolute Gasteiger partial charge is 0.326 e. The zero-order valence-corrected chi connectivity index (χ0v) is 17.7. The second kappa shape index (κ2) is 20.6. The van der Waals surface area contributed by atoms with Crippen LogP contribution in [-0.2, 0) is 33.4 Å². The Hall–Kier alpha value is -0.700. The SMILES string of the molecule is CN(C)C.NCc1ccccc1.O=[P+](O)O[P+](=O)O.O=[P+](O)O[P+](=O)O. The summed E-state index contributed by atoms with van der Waals surface area (Å²) in [7, 11) is -5.69. The molecule has 0 aliphatic heterocycles. The molecule has 12 nitrogen and oxygen atoms in total. The van der Waals surface area contributed by atoms with Crippen LogP contribution in [0.3, 0.4) is 0 Å². The average molecular weight is 454 g/mol. The van der Waals surface area contributed by atoms with Crippen molar-refractivity contribution >= 4 is 33.0 Å². The minimum absolute atomic E-state index is 0.640. The third kappa shape index (κ3) is 38.7. The summed E-state index contributed by atoms with van der Waals surface area (Å²) >= 11 is 0. The maximum Gasteiger partial charge on any atom is 0.745 e. The van der Waals surface area contributed by atoms with Gasteiger partial charge in [-0.2, -0.15) is 0 Å². The van der Waals surface area contributed by atoms with Crippen LogP contribution in [-0.4, -0.2) is 45.6 Å². The molecule has 0 aliphatic rings. The van der Waals surface area contributed by atoms with Gasteiger partial charge in [-0.1, -0.05) is 30.3 Å². The molecular weight excluding hydrogens is 432 g/mol. The summed E-state index contributed by atoms with van der Waals surface area (Å²) < 4.78 is 44.3. The largest absolute Gasteiger partial charge is 0.745 e. The molecule has 0 aliphatic carbocycles. The quantitative estimate of drug-likeness (QED) is 0.406. The van der Waals surface area contributed by atoms with Gasteiger partial charge in [-0.15, -0.1) is 19.6 Å². The maximum absolute atomic E-state index is 9.39. The fourth-order valence-corrected chi connectivity index (χ4v) is 1.69. The van der Waals surface area contributed by atoms with Gasteiger partial charge in [-0.25, -0.2) is 0 Å². The van der Waals surface area contributed by atoms with Crippen molar-refractivity contribution < 1.29 is 46.5 Å². The van der Waals surface area contributed by atoms with Gasteiger partial charge < -0.3 is 10.6 Å².